The van der Waals surface area contributed by atoms with Gasteiger partial charge >= 0.3 is 6.01 Å². The zero-order chi connectivity index (χ0) is 15.3. The Kier molecular flexibility index (Phi) is 5.53. The molecule has 1 atom stereocenters. The molecule has 0 radical (unpaired) electrons. The largest absolute Gasteiger partial charge is 0.463 e. The minimum absolute atomic E-state index is 0.131. The second-order valence-electron chi connectivity index (χ2n) is 5.99. The lowest BCUT2D eigenvalue weighted by molar-refractivity contribution is 0.289. The van der Waals surface area contributed by atoms with Crippen molar-refractivity contribution in [3.8, 4) is 6.01 Å². The van der Waals surface area contributed by atoms with Gasteiger partial charge in [0, 0.05) is 20.1 Å². The average molecular weight is 281 g/mol. The van der Waals surface area contributed by atoms with Crippen molar-refractivity contribution in [3.63, 3.8) is 0 Å². The third-order valence-electron chi connectivity index (χ3n) is 3.41. The molecule has 0 aliphatic rings. The Hall–Kier alpha value is -1.59. The number of nitrogens with zero attached hydrogens (tertiary/aromatic N) is 4. The normalized spacial score (nSPS) is 12.9. The molecule has 0 saturated carbocycles. The third kappa shape index (κ3) is 4.21. The SMILES string of the molecule is CCCOc1nc(NC)nc(N(C)C(C)C(C)(C)C)n1. The molecule has 6 nitrogen and oxygen atoms in total. The van der Waals surface area contributed by atoms with Gasteiger partial charge in [0.15, 0.2) is 0 Å². The van der Waals surface area contributed by atoms with E-state index in [2.05, 4.69) is 59.8 Å². The molecule has 6 heteroatoms. The summed E-state index contributed by atoms with van der Waals surface area (Å²) in [5, 5.41) is 2.95. The number of nitrogens with one attached hydrogen (secondary N) is 1. The molecule has 114 valence electrons. The smallest absolute Gasteiger partial charge is 0.323 e. The lowest BCUT2D eigenvalue weighted by Crippen LogP contribution is -2.40. The van der Waals surface area contributed by atoms with Crippen molar-refractivity contribution in [1.29, 1.82) is 0 Å². The molecule has 1 aromatic heterocycles. The highest BCUT2D eigenvalue weighted by molar-refractivity contribution is 5.38. The summed E-state index contributed by atoms with van der Waals surface area (Å²) in [7, 11) is 3.78. The van der Waals surface area contributed by atoms with Gasteiger partial charge < -0.3 is 15.0 Å². The second-order valence-corrected chi connectivity index (χ2v) is 5.99. The first-order valence-corrected chi connectivity index (χ1v) is 7.09. The van der Waals surface area contributed by atoms with Gasteiger partial charge in [-0.2, -0.15) is 15.0 Å². The third-order valence-corrected chi connectivity index (χ3v) is 3.41. The molecule has 1 N–H and O–H groups in total. The number of rotatable bonds is 6. The zero-order valence-electron chi connectivity index (χ0n) is 13.7. The van der Waals surface area contributed by atoms with Gasteiger partial charge in [-0.1, -0.05) is 27.7 Å². The first kappa shape index (κ1) is 16.5. The van der Waals surface area contributed by atoms with Crippen LogP contribution in [-0.4, -0.2) is 41.7 Å². The molecule has 0 aliphatic heterocycles. The van der Waals surface area contributed by atoms with Crippen molar-refractivity contribution in [2.45, 2.75) is 47.1 Å². The zero-order valence-corrected chi connectivity index (χ0v) is 13.7. The highest BCUT2D eigenvalue weighted by Crippen LogP contribution is 2.26. The van der Waals surface area contributed by atoms with E-state index < -0.39 is 0 Å². The Morgan fingerprint density at radius 3 is 2.40 bits per heavy atom. The molecule has 0 fully saturated rings. The van der Waals surface area contributed by atoms with Gasteiger partial charge in [-0.05, 0) is 18.8 Å². The molecule has 1 rings (SSSR count). The Morgan fingerprint density at radius 2 is 1.90 bits per heavy atom. The van der Waals surface area contributed by atoms with Crippen LogP contribution in [0.2, 0.25) is 0 Å². The second kappa shape index (κ2) is 6.72. The van der Waals surface area contributed by atoms with Crippen molar-refractivity contribution in [1.82, 2.24) is 15.0 Å². The summed E-state index contributed by atoms with van der Waals surface area (Å²) < 4.78 is 5.52. The summed E-state index contributed by atoms with van der Waals surface area (Å²) in [6.07, 6.45) is 0.921. The fourth-order valence-corrected chi connectivity index (χ4v) is 1.63. The van der Waals surface area contributed by atoms with Crippen molar-refractivity contribution in [3.05, 3.63) is 0 Å². The number of aromatic nitrogens is 3. The number of hydrogen-bond acceptors (Lipinski definition) is 6. The fraction of sp³-hybridized carbons (Fsp3) is 0.786. The van der Waals surface area contributed by atoms with Gasteiger partial charge in [-0.15, -0.1) is 0 Å². The van der Waals surface area contributed by atoms with E-state index in [4.69, 9.17) is 4.74 Å². The minimum Gasteiger partial charge on any atom is -0.463 e. The molecule has 1 aromatic rings. The van der Waals surface area contributed by atoms with Gasteiger partial charge in [0.2, 0.25) is 11.9 Å². The topological polar surface area (TPSA) is 63.2 Å². The molecule has 1 heterocycles. The predicted molar refractivity (Wildman–Crippen MR) is 82.5 cm³/mol. The van der Waals surface area contributed by atoms with E-state index in [1.54, 1.807) is 7.05 Å². The van der Waals surface area contributed by atoms with Crippen LogP contribution in [0.3, 0.4) is 0 Å². The van der Waals surface area contributed by atoms with Crippen molar-refractivity contribution < 1.29 is 4.74 Å². The van der Waals surface area contributed by atoms with E-state index in [0.717, 1.165) is 6.42 Å². The summed E-state index contributed by atoms with van der Waals surface area (Å²) in [4.78, 5) is 15.1. The molecule has 20 heavy (non-hydrogen) atoms. The van der Waals surface area contributed by atoms with Gasteiger partial charge in [0.1, 0.15) is 0 Å². The summed E-state index contributed by atoms with van der Waals surface area (Å²) in [5.41, 5.74) is 0.131. The number of hydrogen-bond donors (Lipinski definition) is 1. The van der Waals surface area contributed by atoms with E-state index in [0.29, 0.717) is 24.5 Å². The van der Waals surface area contributed by atoms with Crippen LogP contribution in [0.25, 0.3) is 0 Å². The summed E-state index contributed by atoms with van der Waals surface area (Å²) in [5.74, 6) is 1.15. The Labute approximate surface area is 122 Å². The predicted octanol–water partition coefficient (Wildman–Crippen LogP) is 2.57. The quantitative estimate of drug-likeness (QED) is 0.864. The van der Waals surface area contributed by atoms with Gasteiger partial charge in [-0.25, -0.2) is 0 Å². The maximum Gasteiger partial charge on any atom is 0.323 e. The van der Waals surface area contributed by atoms with Crippen molar-refractivity contribution >= 4 is 11.9 Å². The number of ether oxygens (including phenoxy) is 1. The molecule has 0 aliphatic carbocycles. The lowest BCUT2D eigenvalue weighted by Gasteiger charge is -2.35. The van der Waals surface area contributed by atoms with Crippen LogP contribution < -0.4 is 15.0 Å². The van der Waals surface area contributed by atoms with Gasteiger partial charge in [-0.3, -0.25) is 0 Å². The van der Waals surface area contributed by atoms with Crippen LogP contribution in [0.5, 0.6) is 6.01 Å². The molecular formula is C14H27N5O. The first-order valence-electron chi connectivity index (χ1n) is 7.09. The van der Waals surface area contributed by atoms with E-state index >= 15 is 0 Å². The Balaban J connectivity index is 3.03. The van der Waals surface area contributed by atoms with Gasteiger partial charge in [0.25, 0.3) is 0 Å². The monoisotopic (exact) mass is 281 g/mol. The Bertz CT molecular complexity index is 430. The Morgan fingerprint density at radius 1 is 1.25 bits per heavy atom. The maximum atomic E-state index is 5.52. The maximum absolute atomic E-state index is 5.52. The van der Waals surface area contributed by atoms with Crippen molar-refractivity contribution in [2.75, 3.05) is 30.9 Å². The lowest BCUT2D eigenvalue weighted by atomic mass is 9.87. The standard InChI is InChI=1S/C14H27N5O/c1-8-9-20-13-17-11(15-6)16-12(18-13)19(7)10(2)14(3,4)5/h10H,8-9H2,1-7H3,(H,15,16,17,18). The highest BCUT2D eigenvalue weighted by atomic mass is 16.5. The van der Waals surface area contributed by atoms with Gasteiger partial charge in [0.05, 0.1) is 6.61 Å². The molecule has 0 bridgehead atoms. The summed E-state index contributed by atoms with van der Waals surface area (Å²) >= 11 is 0. The van der Waals surface area contributed by atoms with Crippen molar-refractivity contribution in [2.24, 2.45) is 5.41 Å². The van der Waals surface area contributed by atoms with Crippen LogP contribution in [0, 0.1) is 5.41 Å². The molecule has 0 saturated heterocycles. The molecule has 0 amide bonds. The van der Waals surface area contributed by atoms with E-state index in [-0.39, 0.29) is 11.5 Å². The molecule has 1 unspecified atom stereocenters. The summed E-state index contributed by atoms with van der Waals surface area (Å²) in [6.45, 7) is 11.4. The van der Waals surface area contributed by atoms with Crippen LogP contribution in [-0.2, 0) is 0 Å². The molecule has 0 aromatic carbocycles. The molecule has 0 spiro atoms. The van der Waals surface area contributed by atoms with E-state index in [1.807, 2.05) is 7.05 Å². The van der Waals surface area contributed by atoms with E-state index in [1.165, 1.54) is 0 Å². The average Bonchev–Trinajstić information content (AvgIpc) is 2.41. The fourth-order valence-electron chi connectivity index (χ4n) is 1.63. The minimum atomic E-state index is 0.131. The highest BCUT2D eigenvalue weighted by Gasteiger charge is 2.26. The van der Waals surface area contributed by atoms with E-state index in [9.17, 15) is 0 Å². The van der Waals surface area contributed by atoms with Crippen LogP contribution in [0.1, 0.15) is 41.0 Å². The van der Waals surface area contributed by atoms with Crippen LogP contribution in [0.15, 0.2) is 0 Å². The number of anilines is 2. The molecular weight excluding hydrogens is 254 g/mol. The summed E-state index contributed by atoms with van der Waals surface area (Å²) in [6, 6.07) is 0.655. The first-order chi connectivity index (χ1) is 9.29. The van der Waals surface area contributed by atoms with Crippen LogP contribution in [0.4, 0.5) is 11.9 Å². The van der Waals surface area contributed by atoms with Crippen LogP contribution >= 0.6 is 0 Å².